The van der Waals surface area contributed by atoms with E-state index >= 15 is 0 Å². The summed E-state index contributed by atoms with van der Waals surface area (Å²) in [6.45, 7) is 2.17. The van der Waals surface area contributed by atoms with E-state index in [2.05, 4.69) is 10.6 Å². The maximum absolute atomic E-state index is 11.8. The molecule has 5 nitrogen and oxygen atoms in total. The smallest absolute Gasteiger partial charge is 0.238 e. The van der Waals surface area contributed by atoms with Crippen LogP contribution in [0.5, 0.6) is 0 Å². The van der Waals surface area contributed by atoms with Crippen LogP contribution in [0, 0.1) is 0 Å². The average Bonchev–Trinajstić information content (AvgIpc) is 2.43. The van der Waals surface area contributed by atoms with Crippen molar-refractivity contribution in [3.63, 3.8) is 0 Å². The van der Waals surface area contributed by atoms with E-state index in [0.717, 1.165) is 17.7 Å². The van der Waals surface area contributed by atoms with Crippen LogP contribution in [-0.2, 0) is 20.7 Å². The highest BCUT2D eigenvalue weighted by atomic mass is 16.5. The van der Waals surface area contributed by atoms with Gasteiger partial charge in [-0.2, -0.15) is 0 Å². The topological polar surface area (TPSA) is 59.6 Å². The van der Waals surface area contributed by atoms with Crippen LogP contribution in [0.15, 0.2) is 24.3 Å². The summed E-state index contributed by atoms with van der Waals surface area (Å²) in [4.78, 5) is 11.8. The standard InChI is InChI=1S/C14H22N2O3/c1-18-9-7-12-5-3-4-6-13(12)16-14(17)11-15-8-10-19-2/h3-6,15H,7-11H2,1-2H3,(H,16,17). The lowest BCUT2D eigenvalue weighted by Crippen LogP contribution is -2.30. The third kappa shape index (κ3) is 6.33. The van der Waals surface area contributed by atoms with Gasteiger partial charge in [0.05, 0.1) is 19.8 Å². The Hall–Kier alpha value is -1.43. The summed E-state index contributed by atoms with van der Waals surface area (Å²) in [5.74, 6) is -0.0547. The molecule has 0 spiro atoms. The van der Waals surface area contributed by atoms with Crippen molar-refractivity contribution >= 4 is 11.6 Å². The number of benzene rings is 1. The molecule has 19 heavy (non-hydrogen) atoms. The highest BCUT2D eigenvalue weighted by Gasteiger charge is 2.05. The van der Waals surface area contributed by atoms with Crippen LogP contribution in [0.4, 0.5) is 5.69 Å². The summed E-state index contributed by atoms with van der Waals surface area (Å²) in [5, 5.41) is 5.91. The van der Waals surface area contributed by atoms with E-state index in [9.17, 15) is 4.79 Å². The summed E-state index contributed by atoms with van der Waals surface area (Å²) in [5.41, 5.74) is 1.92. The Morgan fingerprint density at radius 3 is 2.63 bits per heavy atom. The van der Waals surface area contributed by atoms with Gasteiger partial charge in [0.1, 0.15) is 0 Å². The number of anilines is 1. The van der Waals surface area contributed by atoms with Crippen molar-refractivity contribution in [3.8, 4) is 0 Å². The van der Waals surface area contributed by atoms with Crippen molar-refractivity contribution in [2.45, 2.75) is 6.42 Å². The molecular formula is C14H22N2O3. The fraction of sp³-hybridized carbons (Fsp3) is 0.500. The lowest BCUT2D eigenvalue weighted by molar-refractivity contribution is -0.115. The Labute approximate surface area is 114 Å². The molecule has 2 N–H and O–H groups in total. The van der Waals surface area contributed by atoms with Gasteiger partial charge in [-0.1, -0.05) is 18.2 Å². The molecule has 106 valence electrons. The lowest BCUT2D eigenvalue weighted by atomic mass is 10.1. The number of para-hydroxylation sites is 1. The number of hydrogen-bond acceptors (Lipinski definition) is 4. The van der Waals surface area contributed by atoms with Crippen LogP contribution < -0.4 is 10.6 Å². The summed E-state index contributed by atoms with van der Waals surface area (Å²) < 4.78 is 9.96. The van der Waals surface area contributed by atoms with Crippen molar-refractivity contribution in [1.29, 1.82) is 0 Å². The van der Waals surface area contributed by atoms with Crippen LogP contribution in [0.2, 0.25) is 0 Å². The minimum absolute atomic E-state index is 0.0547. The second-order valence-corrected chi connectivity index (χ2v) is 4.12. The summed E-state index contributed by atoms with van der Waals surface area (Å²) in [7, 11) is 3.30. The van der Waals surface area contributed by atoms with Crippen LogP contribution in [-0.4, -0.2) is 46.4 Å². The number of carbonyl (C=O) groups is 1. The molecule has 0 saturated carbocycles. The van der Waals surface area contributed by atoms with Crippen molar-refractivity contribution in [2.75, 3.05) is 45.8 Å². The Balaban J connectivity index is 2.44. The van der Waals surface area contributed by atoms with E-state index in [1.165, 1.54) is 0 Å². The van der Waals surface area contributed by atoms with E-state index in [1.54, 1.807) is 14.2 Å². The summed E-state index contributed by atoms with van der Waals surface area (Å²) >= 11 is 0. The molecule has 1 rings (SSSR count). The number of ether oxygens (including phenoxy) is 2. The maximum Gasteiger partial charge on any atom is 0.238 e. The fourth-order valence-electron chi connectivity index (χ4n) is 1.64. The molecular weight excluding hydrogens is 244 g/mol. The molecule has 0 aromatic heterocycles. The van der Waals surface area contributed by atoms with Gasteiger partial charge in [0.2, 0.25) is 5.91 Å². The first-order chi connectivity index (χ1) is 9.27. The molecule has 1 amide bonds. The van der Waals surface area contributed by atoms with E-state index in [4.69, 9.17) is 9.47 Å². The normalized spacial score (nSPS) is 10.4. The predicted molar refractivity (Wildman–Crippen MR) is 75.4 cm³/mol. The van der Waals surface area contributed by atoms with E-state index in [1.807, 2.05) is 24.3 Å². The first-order valence-electron chi connectivity index (χ1n) is 6.34. The van der Waals surface area contributed by atoms with Crippen LogP contribution >= 0.6 is 0 Å². The molecule has 0 radical (unpaired) electrons. The Morgan fingerprint density at radius 1 is 1.16 bits per heavy atom. The van der Waals surface area contributed by atoms with Gasteiger partial charge in [0.15, 0.2) is 0 Å². The second-order valence-electron chi connectivity index (χ2n) is 4.12. The third-order valence-electron chi connectivity index (χ3n) is 2.64. The van der Waals surface area contributed by atoms with Crippen LogP contribution in [0.1, 0.15) is 5.56 Å². The van der Waals surface area contributed by atoms with Gasteiger partial charge in [-0.05, 0) is 18.1 Å². The van der Waals surface area contributed by atoms with Gasteiger partial charge in [-0.15, -0.1) is 0 Å². The van der Waals surface area contributed by atoms with E-state index in [0.29, 0.717) is 19.8 Å². The maximum atomic E-state index is 11.8. The largest absolute Gasteiger partial charge is 0.384 e. The Bertz CT molecular complexity index is 383. The number of hydrogen-bond donors (Lipinski definition) is 2. The molecule has 0 heterocycles. The van der Waals surface area contributed by atoms with Gasteiger partial charge in [0, 0.05) is 26.5 Å². The van der Waals surface area contributed by atoms with Gasteiger partial charge < -0.3 is 20.1 Å². The number of amides is 1. The molecule has 0 fully saturated rings. The summed E-state index contributed by atoms with van der Waals surface area (Å²) in [6.07, 6.45) is 0.782. The molecule has 1 aromatic carbocycles. The zero-order valence-electron chi connectivity index (χ0n) is 11.6. The van der Waals surface area contributed by atoms with Gasteiger partial charge in [0.25, 0.3) is 0 Å². The van der Waals surface area contributed by atoms with E-state index in [-0.39, 0.29) is 12.5 Å². The minimum Gasteiger partial charge on any atom is -0.384 e. The van der Waals surface area contributed by atoms with Crippen molar-refractivity contribution in [1.82, 2.24) is 5.32 Å². The zero-order chi connectivity index (χ0) is 13.9. The van der Waals surface area contributed by atoms with Crippen molar-refractivity contribution < 1.29 is 14.3 Å². The third-order valence-corrected chi connectivity index (χ3v) is 2.64. The molecule has 0 unspecified atom stereocenters. The first kappa shape index (κ1) is 15.6. The molecule has 0 bridgehead atoms. The van der Waals surface area contributed by atoms with Crippen molar-refractivity contribution in [3.05, 3.63) is 29.8 Å². The van der Waals surface area contributed by atoms with Gasteiger partial charge in [-0.3, -0.25) is 4.79 Å². The molecule has 1 aromatic rings. The predicted octanol–water partition coefficient (Wildman–Crippen LogP) is 1.05. The number of carbonyl (C=O) groups excluding carboxylic acids is 1. The van der Waals surface area contributed by atoms with Crippen LogP contribution in [0.25, 0.3) is 0 Å². The van der Waals surface area contributed by atoms with Crippen molar-refractivity contribution in [2.24, 2.45) is 0 Å². The monoisotopic (exact) mass is 266 g/mol. The Kier molecular flexibility index (Phi) is 7.81. The molecule has 0 aliphatic rings. The number of rotatable bonds is 9. The minimum atomic E-state index is -0.0547. The van der Waals surface area contributed by atoms with Gasteiger partial charge >= 0.3 is 0 Å². The SMILES string of the molecule is COCCNCC(=O)Nc1ccccc1CCOC. The average molecular weight is 266 g/mol. The van der Waals surface area contributed by atoms with Crippen LogP contribution in [0.3, 0.4) is 0 Å². The molecule has 0 atom stereocenters. The molecule has 0 aliphatic carbocycles. The lowest BCUT2D eigenvalue weighted by Gasteiger charge is -2.11. The quantitative estimate of drug-likeness (QED) is 0.656. The molecule has 0 saturated heterocycles. The van der Waals surface area contributed by atoms with E-state index < -0.39 is 0 Å². The Morgan fingerprint density at radius 2 is 1.89 bits per heavy atom. The van der Waals surface area contributed by atoms with Gasteiger partial charge in [-0.25, -0.2) is 0 Å². The molecule has 0 aliphatic heterocycles. The zero-order valence-corrected chi connectivity index (χ0v) is 11.6. The first-order valence-corrected chi connectivity index (χ1v) is 6.34. The number of nitrogens with one attached hydrogen (secondary N) is 2. The molecule has 5 heteroatoms. The highest BCUT2D eigenvalue weighted by Crippen LogP contribution is 2.15. The second kappa shape index (κ2) is 9.49. The fourth-order valence-corrected chi connectivity index (χ4v) is 1.64. The number of methoxy groups -OCH3 is 2. The summed E-state index contributed by atoms with van der Waals surface area (Å²) in [6, 6.07) is 7.76. The highest BCUT2D eigenvalue weighted by molar-refractivity contribution is 5.92.